The molecule has 0 atom stereocenters. The van der Waals surface area contributed by atoms with Crippen LogP contribution in [0.1, 0.15) is 28.4 Å². The lowest BCUT2D eigenvalue weighted by molar-refractivity contribution is 0.0526. The van der Waals surface area contributed by atoms with Crippen LogP contribution >= 0.6 is 11.6 Å². The van der Waals surface area contributed by atoms with Crippen LogP contribution in [0.4, 0.5) is 0 Å². The van der Waals surface area contributed by atoms with Gasteiger partial charge < -0.3 is 15.4 Å². The molecule has 0 aliphatic rings. The maximum atomic E-state index is 11.6. The van der Waals surface area contributed by atoms with E-state index in [1.165, 1.54) is 0 Å². The van der Waals surface area contributed by atoms with Crippen molar-refractivity contribution < 1.29 is 9.53 Å². The number of esters is 1. The van der Waals surface area contributed by atoms with Crippen molar-refractivity contribution in [2.45, 2.75) is 20.0 Å². The minimum atomic E-state index is -0.303. The lowest BCUT2D eigenvalue weighted by atomic mass is 10.1. The molecule has 0 amide bonds. The van der Waals surface area contributed by atoms with E-state index in [-0.39, 0.29) is 5.97 Å². The smallest absolute Gasteiger partial charge is 0.338 e. The first-order valence-corrected chi connectivity index (χ1v) is 8.45. The average molecular weight is 360 g/mol. The van der Waals surface area contributed by atoms with Gasteiger partial charge in [-0.25, -0.2) is 4.79 Å². The quantitative estimate of drug-likeness (QED) is 0.471. The van der Waals surface area contributed by atoms with Gasteiger partial charge in [0, 0.05) is 25.2 Å². The van der Waals surface area contributed by atoms with Crippen molar-refractivity contribution in [2.24, 2.45) is 4.99 Å². The topological polar surface area (TPSA) is 62.7 Å². The van der Waals surface area contributed by atoms with Crippen molar-refractivity contribution >= 4 is 23.5 Å². The molecule has 2 N–H and O–H groups in total. The molecule has 0 heterocycles. The largest absolute Gasteiger partial charge is 0.462 e. The Hall–Kier alpha value is -2.53. The molecule has 0 saturated heterocycles. The third kappa shape index (κ3) is 6.12. The van der Waals surface area contributed by atoms with Crippen molar-refractivity contribution in [3.63, 3.8) is 0 Å². The molecule has 6 heteroatoms. The van der Waals surface area contributed by atoms with Crippen LogP contribution in [0.2, 0.25) is 5.02 Å². The summed E-state index contributed by atoms with van der Waals surface area (Å²) >= 11 is 5.88. The van der Waals surface area contributed by atoms with E-state index in [0.717, 1.165) is 16.1 Å². The van der Waals surface area contributed by atoms with Crippen LogP contribution in [0.3, 0.4) is 0 Å². The van der Waals surface area contributed by atoms with E-state index in [2.05, 4.69) is 15.6 Å². The van der Waals surface area contributed by atoms with E-state index < -0.39 is 0 Å². The average Bonchev–Trinajstić information content (AvgIpc) is 2.64. The highest BCUT2D eigenvalue weighted by Gasteiger charge is 2.06. The van der Waals surface area contributed by atoms with Crippen LogP contribution < -0.4 is 10.6 Å². The Morgan fingerprint density at radius 2 is 1.52 bits per heavy atom. The Morgan fingerprint density at radius 3 is 2.00 bits per heavy atom. The number of guanidine groups is 1. The number of benzene rings is 2. The van der Waals surface area contributed by atoms with E-state index in [9.17, 15) is 4.79 Å². The Balaban J connectivity index is 1.84. The van der Waals surface area contributed by atoms with Gasteiger partial charge in [0.05, 0.1) is 12.2 Å². The van der Waals surface area contributed by atoms with E-state index in [1.54, 1.807) is 26.1 Å². The predicted octanol–water partition coefficient (Wildman–Crippen LogP) is 3.38. The van der Waals surface area contributed by atoms with Gasteiger partial charge in [-0.05, 0) is 42.3 Å². The van der Waals surface area contributed by atoms with Crippen LogP contribution in [0.5, 0.6) is 0 Å². The molecule has 5 nitrogen and oxygen atoms in total. The van der Waals surface area contributed by atoms with E-state index in [1.807, 2.05) is 36.4 Å². The summed E-state index contributed by atoms with van der Waals surface area (Å²) in [5.41, 5.74) is 2.71. The molecule has 0 unspecified atom stereocenters. The van der Waals surface area contributed by atoms with Gasteiger partial charge in [-0.15, -0.1) is 0 Å². The summed E-state index contributed by atoms with van der Waals surface area (Å²) in [4.78, 5) is 15.8. The van der Waals surface area contributed by atoms with Gasteiger partial charge in [0.15, 0.2) is 5.96 Å². The fraction of sp³-hybridized carbons (Fsp3) is 0.263. The molecule has 0 radical (unpaired) electrons. The van der Waals surface area contributed by atoms with Gasteiger partial charge >= 0.3 is 5.97 Å². The maximum absolute atomic E-state index is 11.6. The summed E-state index contributed by atoms with van der Waals surface area (Å²) in [5.74, 6) is 0.395. The molecule has 25 heavy (non-hydrogen) atoms. The fourth-order valence-electron chi connectivity index (χ4n) is 2.17. The van der Waals surface area contributed by atoms with Crippen LogP contribution in [0, 0.1) is 0 Å². The van der Waals surface area contributed by atoms with Crippen LogP contribution in [0.15, 0.2) is 53.5 Å². The number of ether oxygens (including phenoxy) is 1. The first kappa shape index (κ1) is 18.8. The molecule has 0 fully saturated rings. The Bertz CT molecular complexity index is 712. The minimum absolute atomic E-state index is 0.303. The lowest BCUT2D eigenvalue weighted by Crippen LogP contribution is -2.36. The van der Waals surface area contributed by atoms with Crippen molar-refractivity contribution in [3.05, 3.63) is 70.2 Å². The van der Waals surface area contributed by atoms with E-state index in [0.29, 0.717) is 31.2 Å². The summed E-state index contributed by atoms with van der Waals surface area (Å²) in [6, 6.07) is 15.0. The molecule has 2 aromatic rings. The number of halogens is 1. The zero-order valence-corrected chi connectivity index (χ0v) is 15.1. The first-order chi connectivity index (χ1) is 12.1. The first-order valence-electron chi connectivity index (χ1n) is 8.07. The second kappa shape index (κ2) is 9.69. The number of nitrogens with zero attached hydrogens (tertiary/aromatic N) is 1. The number of carbonyl (C=O) groups excluding carboxylic acids is 1. The van der Waals surface area contributed by atoms with E-state index in [4.69, 9.17) is 16.3 Å². The SMILES string of the molecule is CCOC(=O)c1ccc(CNC(=NC)NCc2ccc(Cl)cc2)cc1. The van der Waals surface area contributed by atoms with Crippen LogP contribution in [0.25, 0.3) is 0 Å². The minimum Gasteiger partial charge on any atom is -0.462 e. The third-order valence-electron chi connectivity index (χ3n) is 3.52. The zero-order chi connectivity index (χ0) is 18.1. The summed E-state index contributed by atoms with van der Waals surface area (Å²) in [7, 11) is 1.72. The van der Waals surface area contributed by atoms with Crippen LogP contribution in [-0.2, 0) is 17.8 Å². The fourth-order valence-corrected chi connectivity index (χ4v) is 2.29. The molecule has 0 saturated carbocycles. The highest BCUT2D eigenvalue weighted by molar-refractivity contribution is 6.30. The van der Waals surface area contributed by atoms with Gasteiger partial charge in [-0.3, -0.25) is 4.99 Å². The van der Waals surface area contributed by atoms with Gasteiger partial charge in [-0.2, -0.15) is 0 Å². The van der Waals surface area contributed by atoms with Crippen molar-refractivity contribution in [2.75, 3.05) is 13.7 Å². The van der Waals surface area contributed by atoms with Crippen molar-refractivity contribution in [1.29, 1.82) is 0 Å². The molecular formula is C19H22ClN3O2. The molecule has 132 valence electrons. The zero-order valence-electron chi connectivity index (χ0n) is 14.4. The van der Waals surface area contributed by atoms with Gasteiger partial charge in [-0.1, -0.05) is 35.9 Å². The number of hydrogen-bond acceptors (Lipinski definition) is 3. The monoisotopic (exact) mass is 359 g/mol. The Labute approximate surface area is 153 Å². The van der Waals surface area contributed by atoms with Gasteiger partial charge in [0.2, 0.25) is 0 Å². The highest BCUT2D eigenvalue weighted by Crippen LogP contribution is 2.09. The molecule has 0 bridgehead atoms. The summed E-state index contributed by atoms with van der Waals surface area (Å²) in [5, 5.41) is 7.20. The molecule has 2 aromatic carbocycles. The summed E-state index contributed by atoms with van der Waals surface area (Å²) < 4.78 is 4.97. The lowest BCUT2D eigenvalue weighted by Gasteiger charge is -2.12. The summed E-state index contributed by atoms with van der Waals surface area (Å²) in [6.07, 6.45) is 0. The standard InChI is InChI=1S/C19H22ClN3O2/c1-3-25-18(24)16-8-4-14(5-9-16)12-22-19(21-2)23-13-15-6-10-17(20)11-7-15/h4-11H,3,12-13H2,1-2H3,(H2,21,22,23). The van der Waals surface area contributed by atoms with Crippen molar-refractivity contribution in [1.82, 2.24) is 10.6 Å². The summed E-state index contributed by atoms with van der Waals surface area (Å²) in [6.45, 7) is 3.42. The number of rotatable bonds is 6. The molecule has 0 spiro atoms. The number of carbonyl (C=O) groups is 1. The third-order valence-corrected chi connectivity index (χ3v) is 3.77. The number of hydrogen-bond donors (Lipinski definition) is 2. The second-order valence-electron chi connectivity index (χ2n) is 5.32. The van der Waals surface area contributed by atoms with E-state index >= 15 is 0 Å². The molecule has 0 aromatic heterocycles. The number of aliphatic imine (C=N–C) groups is 1. The van der Waals surface area contributed by atoms with Gasteiger partial charge in [0.1, 0.15) is 0 Å². The molecular weight excluding hydrogens is 338 g/mol. The molecule has 0 aliphatic heterocycles. The molecule has 0 aliphatic carbocycles. The predicted molar refractivity (Wildman–Crippen MR) is 101 cm³/mol. The van der Waals surface area contributed by atoms with Crippen LogP contribution in [-0.4, -0.2) is 25.6 Å². The maximum Gasteiger partial charge on any atom is 0.338 e. The number of nitrogens with one attached hydrogen (secondary N) is 2. The van der Waals surface area contributed by atoms with Crippen molar-refractivity contribution in [3.8, 4) is 0 Å². The Kier molecular flexibility index (Phi) is 7.29. The second-order valence-corrected chi connectivity index (χ2v) is 5.76. The normalized spacial score (nSPS) is 11.1. The van der Waals surface area contributed by atoms with Gasteiger partial charge in [0.25, 0.3) is 0 Å². The highest BCUT2D eigenvalue weighted by atomic mass is 35.5. The molecule has 2 rings (SSSR count). The Morgan fingerprint density at radius 1 is 1.00 bits per heavy atom.